The molecule has 0 aromatic carbocycles. The zero-order valence-electron chi connectivity index (χ0n) is 11.4. The molecule has 0 radical (unpaired) electrons. The van der Waals surface area contributed by atoms with E-state index in [-0.39, 0.29) is 18.1 Å². The summed E-state index contributed by atoms with van der Waals surface area (Å²) in [7, 11) is 0. The van der Waals surface area contributed by atoms with Crippen molar-refractivity contribution in [1.82, 2.24) is 24.9 Å². The second-order valence-electron chi connectivity index (χ2n) is 4.42. The lowest BCUT2D eigenvalue weighted by Crippen LogP contribution is -2.26. The van der Waals surface area contributed by atoms with Crippen LogP contribution in [0.15, 0.2) is 30.7 Å². The summed E-state index contributed by atoms with van der Waals surface area (Å²) in [5.41, 5.74) is 0. The van der Waals surface area contributed by atoms with Crippen LogP contribution < -0.4 is 5.32 Å². The topological polar surface area (TPSA) is 108 Å². The first kappa shape index (κ1) is 14.7. The third-order valence-corrected chi connectivity index (χ3v) is 2.83. The van der Waals surface area contributed by atoms with E-state index >= 15 is 0 Å². The van der Waals surface area contributed by atoms with Crippen LogP contribution in [0.5, 0.6) is 0 Å². The fourth-order valence-electron chi connectivity index (χ4n) is 1.78. The summed E-state index contributed by atoms with van der Waals surface area (Å²) < 4.78 is 3.19. The van der Waals surface area contributed by atoms with Gasteiger partial charge in [0.25, 0.3) is 0 Å². The molecule has 112 valence electrons. The minimum absolute atomic E-state index is 0.103. The lowest BCUT2D eigenvalue weighted by atomic mass is 10.3. The molecule has 21 heavy (non-hydrogen) atoms. The van der Waals surface area contributed by atoms with Crippen LogP contribution >= 0.6 is 0 Å². The first-order valence-corrected chi connectivity index (χ1v) is 6.57. The highest BCUT2D eigenvalue weighted by Crippen LogP contribution is 2.05. The fraction of sp³-hybridized carbons (Fsp3) is 0.417. The number of hydrogen-bond donors (Lipinski definition) is 1. The zero-order chi connectivity index (χ0) is 15.1. The van der Waals surface area contributed by atoms with Gasteiger partial charge in [0.15, 0.2) is 0 Å². The van der Waals surface area contributed by atoms with E-state index in [2.05, 4.69) is 15.5 Å². The van der Waals surface area contributed by atoms with Crippen LogP contribution in [0, 0.1) is 10.1 Å². The molecular formula is C12H16N6O3. The average Bonchev–Trinajstić information content (AvgIpc) is 3.12. The van der Waals surface area contributed by atoms with Gasteiger partial charge in [-0.2, -0.15) is 9.78 Å². The maximum Gasteiger partial charge on any atom is 0.389 e. The molecule has 2 heterocycles. The summed E-state index contributed by atoms with van der Waals surface area (Å²) in [6.45, 7) is 1.63. The van der Waals surface area contributed by atoms with Gasteiger partial charge in [0.1, 0.15) is 0 Å². The number of hydrogen-bond acceptors (Lipinski definition) is 5. The van der Waals surface area contributed by atoms with Gasteiger partial charge in [-0.1, -0.05) is 0 Å². The molecular weight excluding hydrogens is 276 g/mol. The van der Waals surface area contributed by atoms with E-state index < -0.39 is 4.92 Å². The highest BCUT2D eigenvalue weighted by molar-refractivity contribution is 5.75. The SMILES string of the molecule is O=C(CCn1ccc([N+](=O)[O-])n1)NCCCn1cccn1. The van der Waals surface area contributed by atoms with E-state index in [0.29, 0.717) is 13.1 Å². The van der Waals surface area contributed by atoms with Gasteiger partial charge < -0.3 is 15.4 Å². The third-order valence-electron chi connectivity index (χ3n) is 2.83. The molecule has 1 N–H and O–H groups in total. The van der Waals surface area contributed by atoms with Gasteiger partial charge in [0, 0.05) is 31.9 Å². The first-order chi connectivity index (χ1) is 10.1. The quantitative estimate of drug-likeness (QED) is 0.435. The Morgan fingerprint density at radius 3 is 2.86 bits per heavy atom. The van der Waals surface area contributed by atoms with E-state index in [0.717, 1.165) is 13.0 Å². The predicted molar refractivity (Wildman–Crippen MR) is 73.4 cm³/mol. The van der Waals surface area contributed by atoms with Crippen LogP contribution in [0.4, 0.5) is 5.82 Å². The van der Waals surface area contributed by atoms with Crippen molar-refractivity contribution < 1.29 is 9.72 Å². The second-order valence-corrected chi connectivity index (χ2v) is 4.42. The smallest absolute Gasteiger partial charge is 0.358 e. The number of amides is 1. The predicted octanol–water partition coefficient (Wildman–Crippen LogP) is 0.584. The van der Waals surface area contributed by atoms with Crippen LogP contribution in [-0.4, -0.2) is 36.9 Å². The van der Waals surface area contributed by atoms with Crippen LogP contribution in [0.1, 0.15) is 12.8 Å². The Kier molecular flexibility index (Phi) is 5.02. The van der Waals surface area contributed by atoms with Gasteiger partial charge in [0.05, 0.1) is 23.9 Å². The van der Waals surface area contributed by atoms with E-state index in [4.69, 9.17) is 0 Å². The molecule has 9 nitrogen and oxygen atoms in total. The average molecular weight is 292 g/mol. The molecule has 2 aromatic heterocycles. The van der Waals surface area contributed by atoms with Gasteiger partial charge in [-0.25, -0.2) is 0 Å². The van der Waals surface area contributed by atoms with E-state index in [9.17, 15) is 14.9 Å². The van der Waals surface area contributed by atoms with Crippen molar-refractivity contribution in [1.29, 1.82) is 0 Å². The molecule has 9 heteroatoms. The molecule has 1 amide bonds. The second kappa shape index (κ2) is 7.17. The number of carbonyl (C=O) groups excluding carboxylic acids is 1. The molecule has 0 atom stereocenters. The Balaban J connectivity index is 1.61. The maximum absolute atomic E-state index is 11.6. The van der Waals surface area contributed by atoms with Crippen LogP contribution in [0.25, 0.3) is 0 Å². The molecule has 2 aromatic rings. The number of nitrogens with one attached hydrogen (secondary N) is 1. The van der Waals surface area contributed by atoms with Crippen molar-refractivity contribution in [2.45, 2.75) is 25.9 Å². The normalized spacial score (nSPS) is 10.5. The van der Waals surface area contributed by atoms with Gasteiger partial charge in [-0.15, -0.1) is 0 Å². The van der Waals surface area contributed by atoms with E-state index in [1.54, 1.807) is 10.9 Å². The Bertz CT molecular complexity index is 592. The van der Waals surface area contributed by atoms with Crippen LogP contribution in [-0.2, 0) is 17.9 Å². The number of nitrogens with zero attached hydrogens (tertiary/aromatic N) is 5. The summed E-state index contributed by atoms with van der Waals surface area (Å²) in [5, 5.41) is 21.1. The molecule has 0 spiro atoms. The lowest BCUT2D eigenvalue weighted by molar-refractivity contribution is -0.389. The standard InChI is InChI=1S/C12H16N6O3/c19-12(13-5-1-7-16-8-2-6-14-16)4-10-17-9-3-11(15-17)18(20)21/h2-3,6,8-9H,1,4-5,7,10H2,(H,13,19). The molecule has 0 unspecified atom stereocenters. The maximum atomic E-state index is 11.6. The number of aryl methyl sites for hydroxylation is 2. The van der Waals surface area contributed by atoms with Crippen molar-refractivity contribution >= 4 is 11.7 Å². The molecule has 0 saturated heterocycles. The van der Waals surface area contributed by atoms with E-state index in [1.807, 2.05) is 12.3 Å². The molecule has 0 aliphatic rings. The van der Waals surface area contributed by atoms with Crippen molar-refractivity contribution in [2.75, 3.05) is 6.54 Å². The molecule has 2 rings (SSSR count). The lowest BCUT2D eigenvalue weighted by Gasteiger charge is -2.04. The van der Waals surface area contributed by atoms with Crippen LogP contribution in [0.2, 0.25) is 0 Å². The number of carbonyl (C=O) groups is 1. The highest BCUT2D eigenvalue weighted by Gasteiger charge is 2.11. The molecule has 0 saturated carbocycles. The number of rotatable bonds is 8. The van der Waals surface area contributed by atoms with Gasteiger partial charge >= 0.3 is 5.82 Å². The monoisotopic (exact) mass is 292 g/mol. The Hall–Kier alpha value is -2.71. The Morgan fingerprint density at radius 1 is 1.33 bits per heavy atom. The first-order valence-electron chi connectivity index (χ1n) is 6.57. The van der Waals surface area contributed by atoms with E-state index in [1.165, 1.54) is 16.9 Å². The highest BCUT2D eigenvalue weighted by atomic mass is 16.6. The van der Waals surface area contributed by atoms with Gasteiger partial charge in [-0.3, -0.25) is 9.48 Å². The van der Waals surface area contributed by atoms with Crippen molar-refractivity contribution in [3.63, 3.8) is 0 Å². The summed E-state index contributed by atoms with van der Waals surface area (Å²) in [6, 6.07) is 3.16. The van der Waals surface area contributed by atoms with Gasteiger partial charge in [0.2, 0.25) is 5.91 Å². The van der Waals surface area contributed by atoms with Crippen LogP contribution in [0.3, 0.4) is 0 Å². The Morgan fingerprint density at radius 2 is 2.19 bits per heavy atom. The largest absolute Gasteiger partial charge is 0.389 e. The summed E-state index contributed by atoms with van der Waals surface area (Å²) in [4.78, 5) is 21.5. The molecule has 0 fully saturated rings. The third kappa shape index (κ3) is 4.71. The minimum atomic E-state index is -0.564. The fourth-order valence-corrected chi connectivity index (χ4v) is 1.78. The summed E-state index contributed by atoms with van der Waals surface area (Å²) in [5.74, 6) is -0.316. The number of nitro groups is 1. The zero-order valence-corrected chi connectivity index (χ0v) is 11.4. The number of aromatic nitrogens is 4. The van der Waals surface area contributed by atoms with Gasteiger partial charge in [-0.05, 0) is 17.4 Å². The molecule has 0 aliphatic carbocycles. The van der Waals surface area contributed by atoms with Crippen molar-refractivity contribution in [3.8, 4) is 0 Å². The van der Waals surface area contributed by atoms with Crippen molar-refractivity contribution in [3.05, 3.63) is 40.8 Å². The molecule has 0 aliphatic heterocycles. The minimum Gasteiger partial charge on any atom is -0.358 e. The molecule has 0 bridgehead atoms. The summed E-state index contributed by atoms with van der Waals surface area (Å²) in [6.07, 6.45) is 6.10. The van der Waals surface area contributed by atoms with Crippen molar-refractivity contribution in [2.24, 2.45) is 0 Å². The Labute approximate surface area is 120 Å². The summed E-state index contributed by atoms with van der Waals surface area (Å²) >= 11 is 0.